The van der Waals surface area contributed by atoms with Crippen LogP contribution in [0.3, 0.4) is 0 Å². The maximum absolute atomic E-state index is 4.77. The lowest BCUT2D eigenvalue weighted by Crippen LogP contribution is -2.16. The number of fused-ring (bicyclic) bond motifs is 3. The molecule has 0 aliphatic heterocycles. The Kier molecular flexibility index (Phi) is 4.44. The van der Waals surface area contributed by atoms with Crippen molar-refractivity contribution < 1.29 is 0 Å². The molecule has 2 heterocycles. The van der Waals surface area contributed by atoms with Gasteiger partial charge >= 0.3 is 0 Å². The first-order chi connectivity index (χ1) is 12.8. The zero-order valence-electron chi connectivity index (χ0n) is 15.2. The van der Waals surface area contributed by atoms with E-state index in [1.165, 1.54) is 16.8 Å². The SMILES string of the molecule is CCc1c(C)cccc1NCCNc1nc2ccccc2n2cncc12. The van der Waals surface area contributed by atoms with Gasteiger partial charge in [0.25, 0.3) is 0 Å². The fourth-order valence-electron chi connectivity index (χ4n) is 3.45. The van der Waals surface area contributed by atoms with E-state index in [1.807, 2.05) is 30.7 Å². The first-order valence-corrected chi connectivity index (χ1v) is 9.05. The number of nitrogens with zero attached hydrogens (tertiary/aromatic N) is 3. The van der Waals surface area contributed by atoms with Crippen LogP contribution in [0.2, 0.25) is 0 Å². The predicted octanol–water partition coefficient (Wildman–Crippen LogP) is 4.28. The van der Waals surface area contributed by atoms with Gasteiger partial charge in [0.15, 0.2) is 5.82 Å². The summed E-state index contributed by atoms with van der Waals surface area (Å²) >= 11 is 0. The van der Waals surface area contributed by atoms with Gasteiger partial charge in [-0.3, -0.25) is 4.40 Å². The summed E-state index contributed by atoms with van der Waals surface area (Å²) in [7, 11) is 0. The van der Waals surface area contributed by atoms with Gasteiger partial charge in [-0.05, 0) is 42.7 Å². The highest BCUT2D eigenvalue weighted by Crippen LogP contribution is 2.22. The minimum atomic E-state index is 0.781. The van der Waals surface area contributed by atoms with Gasteiger partial charge in [-0.15, -0.1) is 0 Å². The molecule has 2 aromatic carbocycles. The fraction of sp³-hybridized carbons (Fsp3) is 0.238. The molecule has 4 rings (SSSR count). The lowest BCUT2D eigenvalue weighted by molar-refractivity contribution is 1.04. The molecule has 0 bridgehead atoms. The van der Waals surface area contributed by atoms with Crippen LogP contribution in [0.4, 0.5) is 11.5 Å². The van der Waals surface area contributed by atoms with Crippen molar-refractivity contribution in [2.45, 2.75) is 20.3 Å². The van der Waals surface area contributed by atoms with Gasteiger partial charge in [-0.2, -0.15) is 0 Å². The molecule has 2 aromatic heterocycles. The van der Waals surface area contributed by atoms with Crippen molar-refractivity contribution in [2.75, 3.05) is 23.7 Å². The van der Waals surface area contributed by atoms with E-state index in [9.17, 15) is 0 Å². The number of nitrogens with one attached hydrogen (secondary N) is 2. The van der Waals surface area contributed by atoms with Crippen molar-refractivity contribution in [1.82, 2.24) is 14.4 Å². The lowest BCUT2D eigenvalue weighted by atomic mass is 10.0. The first kappa shape index (κ1) is 16.4. The molecule has 5 nitrogen and oxygen atoms in total. The second-order valence-electron chi connectivity index (χ2n) is 6.41. The monoisotopic (exact) mass is 345 g/mol. The van der Waals surface area contributed by atoms with Crippen molar-refractivity contribution >= 4 is 28.1 Å². The molecule has 0 aliphatic carbocycles. The summed E-state index contributed by atoms with van der Waals surface area (Å²) in [6.07, 6.45) is 4.72. The number of aromatic nitrogens is 3. The molecule has 4 aromatic rings. The third-order valence-corrected chi connectivity index (χ3v) is 4.75. The minimum Gasteiger partial charge on any atom is -0.383 e. The number of rotatable bonds is 6. The molecular formula is C21H23N5. The zero-order valence-corrected chi connectivity index (χ0v) is 15.2. The fourth-order valence-corrected chi connectivity index (χ4v) is 3.45. The van der Waals surface area contributed by atoms with Crippen molar-refractivity contribution in [2.24, 2.45) is 0 Å². The highest BCUT2D eigenvalue weighted by molar-refractivity contribution is 5.84. The first-order valence-electron chi connectivity index (χ1n) is 9.05. The molecule has 0 amide bonds. The van der Waals surface area contributed by atoms with Crippen LogP contribution in [0, 0.1) is 6.92 Å². The van der Waals surface area contributed by atoms with Gasteiger partial charge in [0, 0.05) is 18.8 Å². The molecular weight excluding hydrogens is 322 g/mol. The number of anilines is 2. The topological polar surface area (TPSA) is 54.2 Å². The Balaban J connectivity index is 1.50. The zero-order chi connectivity index (χ0) is 17.9. The van der Waals surface area contributed by atoms with E-state index in [0.29, 0.717) is 0 Å². The van der Waals surface area contributed by atoms with E-state index >= 15 is 0 Å². The van der Waals surface area contributed by atoms with E-state index in [2.05, 4.69) is 58.1 Å². The normalized spacial score (nSPS) is 11.2. The van der Waals surface area contributed by atoms with Crippen molar-refractivity contribution in [3.05, 3.63) is 66.1 Å². The molecule has 0 unspecified atom stereocenters. The molecule has 0 radical (unpaired) electrons. The number of hydrogen-bond donors (Lipinski definition) is 2. The molecule has 132 valence electrons. The Hall–Kier alpha value is -3.08. The maximum Gasteiger partial charge on any atom is 0.152 e. The largest absolute Gasteiger partial charge is 0.383 e. The van der Waals surface area contributed by atoms with Gasteiger partial charge < -0.3 is 10.6 Å². The maximum atomic E-state index is 4.77. The summed E-state index contributed by atoms with van der Waals surface area (Å²) in [4.78, 5) is 9.06. The number of hydrogen-bond acceptors (Lipinski definition) is 4. The molecule has 26 heavy (non-hydrogen) atoms. The van der Waals surface area contributed by atoms with Crippen LogP contribution in [-0.2, 0) is 6.42 Å². The van der Waals surface area contributed by atoms with Crippen LogP contribution in [0.5, 0.6) is 0 Å². The van der Waals surface area contributed by atoms with Crippen molar-refractivity contribution in [3.63, 3.8) is 0 Å². The van der Waals surface area contributed by atoms with Crippen LogP contribution in [0.1, 0.15) is 18.1 Å². The number of aryl methyl sites for hydroxylation is 1. The second kappa shape index (κ2) is 7.04. The van der Waals surface area contributed by atoms with Gasteiger partial charge in [0.2, 0.25) is 0 Å². The summed E-state index contributed by atoms with van der Waals surface area (Å²) in [5.74, 6) is 0.864. The van der Waals surface area contributed by atoms with E-state index in [1.54, 1.807) is 0 Å². The summed E-state index contributed by atoms with van der Waals surface area (Å²) in [5, 5.41) is 7.00. The van der Waals surface area contributed by atoms with E-state index in [-0.39, 0.29) is 0 Å². The van der Waals surface area contributed by atoms with Gasteiger partial charge in [-0.1, -0.05) is 31.2 Å². The average Bonchev–Trinajstić information content (AvgIpc) is 3.15. The summed E-state index contributed by atoms with van der Waals surface area (Å²) in [6, 6.07) is 14.5. The minimum absolute atomic E-state index is 0.781. The number of imidazole rings is 1. The van der Waals surface area contributed by atoms with Crippen LogP contribution in [0.25, 0.3) is 16.6 Å². The number of para-hydroxylation sites is 2. The average molecular weight is 345 g/mol. The summed E-state index contributed by atoms with van der Waals surface area (Å²) < 4.78 is 2.08. The summed E-state index contributed by atoms with van der Waals surface area (Å²) in [6.45, 7) is 5.97. The molecule has 0 saturated heterocycles. The Morgan fingerprint density at radius 3 is 2.69 bits per heavy atom. The van der Waals surface area contributed by atoms with E-state index in [0.717, 1.165) is 41.9 Å². The third-order valence-electron chi connectivity index (χ3n) is 4.75. The molecule has 2 N–H and O–H groups in total. The summed E-state index contributed by atoms with van der Waals surface area (Å²) in [5.41, 5.74) is 6.96. The van der Waals surface area contributed by atoms with Crippen LogP contribution < -0.4 is 10.6 Å². The quantitative estimate of drug-likeness (QED) is 0.512. The van der Waals surface area contributed by atoms with Crippen LogP contribution in [-0.4, -0.2) is 27.5 Å². The standard InChI is InChI=1S/C21H23N5/c1-3-16-15(2)7-6-9-17(16)23-11-12-24-21-20-13-22-14-26(20)19-10-5-4-8-18(19)25-21/h4-10,13-14,23H,3,11-12H2,1-2H3,(H,24,25). The molecule has 0 saturated carbocycles. The highest BCUT2D eigenvalue weighted by atomic mass is 15.1. The molecule has 0 atom stereocenters. The highest BCUT2D eigenvalue weighted by Gasteiger charge is 2.08. The Bertz CT molecular complexity index is 1050. The van der Waals surface area contributed by atoms with Crippen LogP contribution in [0.15, 0.2) is 55.0 Å². The lowest BCUT2D eigenvalue weighted by Gasteiger charge is -2.14. The second-order valence-corrected chi connectivity index (χ2v) is 6.41. The van der Waals surface area contributed by atoms with E-state index in [4.69, 9.17) is 4.98 Å². The van der Waals surface area contributed by atoms with Gasteiger partial charge in [0.05, 0.1) is 23.6 Å². The smallest absolute Gasteiger partial charge is 0.152 e. The van der Waals surface area contributed by atoms with Crippen molar-refractivity contribution in [1.29, 1.82) is 0 Å². The Morgan fingerprint density at radius 2 is 1.81 bits per heavy atom. The molecule has 0 fully saturated rings. The van der Waals surface area contributed by atoms with Crippen LogP contribution >= 0.6 is 0 Å². The Morgan fingerprint density at radius 1 is 0.962 bits per heavy atom. The Labute approximate surface area is 153 Å². The van der Waals surface area contributed by atoms with E-state index < -0.39 is 0 Å². The molecule has 5 heteroatoms. The molecule has 0 spiro atoms. The van der Waals surface area contributed by atoms with Gasteiger partial charge in [0.1, 0.15) is 5.52 Å². The third kappa shape index (κ3) is 2.96. The number of benzene rings is 2. The van der Waals surface area contributed by atoms with Gasteiger partial charge in [-0.25, -0.2) is 9.97 Å². The molecule has 0 aliphatic rings. The van der Waals surface area contributed by atoms with Crippen molar-refractivity contribution in [3.8, 4) is 0 Å². The predicted molar refractivity (Wildman–Crippen MR) is 108 cm³/mol.